The van der Waals surface area contributed by atoms with E-state index in [4.69, 9.17) is 28.4 Å². The fourth-order valence-electron chi connectivity index (χ4n) is 9.58. The maximum Gasteiger partial charge on any atom is 0.220 e. The minimum atomic E-state index is -1.97. The van der Waals surface area contributed by atoms with E-state index in [9.17, 15) is 61.0 Å². The molecule has 3 aliphatic heterocycles. The van der Waals surface area contributed by atoms with Crippen LogP contribution in [0.2, 0.25) is 0 Å². The Morgan fingerprint density at radius 3 is 1.41 bits per heavy atom. The highest BCUT2D eigenvalue weighted by atomic mass is 16.8. The average molecular weight is 1050 g/mol. The fraction of sp³-hybridized carbons (Fsp3) is 0.907. The Balaban J connectivity index is 1.53. The van der Waals surface area contributed by atoms with Gasteiger partial charge in [-0.3, -0.25) is 4.79 Å². The first-order chi connectivity index (χ1) is 35.3. The molecule has 0 bridgehead atoms. The van der Waals surface area contributed by atoms with Crippen molar-refractivity contribution in [2.45, 2.75) is 285 Å². The number of carbonyl (C=O) groups excluding carboxylic acids is 1. The highest BCUT2D eigenvalue weighted by molar-refractivity contribution is 5.76. The number of aliphatic hydroxyl groups is 11. The third kappa shape index (κ3) is 23.8. The minimum absolute atomic E-state index is 0.251. The maximum absolute atomic E-state index is 13.3. The topological polar surface area (TPSA) is 307 Å². The Morgan fingerprint density at radius 2 is 0.904 bits per heavy atom. The van der Waals surface area contributed by atoms with Crippen molar-refractivity contribution in [2.24, 2.45) is 0 Å². The number of hydrogen-bond acceptors (Lipinski definition) is 18. The number of unbranched alkanes of at least 4 members (excludes halogenated alkanes) is 20. The van der Waals surface area contributed by atoms with Gasteiger partial charge in [-0.2, -0.15) is 0 Å². The van der Waals surface area contributed by atoms with Crippen molar-refractivity contribution in [1.82, 2.24) is 5.32 Å². The summed E-state index contributed by atoms with van der Waals surface area (Å²) in [5.74, 6) is -0.259. The van der Waals surface area contributed by atoms with Gasteiger partial charge in [-0.15, -0.1) is 0 Å². The molecule has 12 N–H and O–H groups in total. The standard InChI is InChI=1S/C54H99NO18/c1-3-5-7-9-11-13-15-17-18-19-20-22-24-26-28-30-32-42(60)55-37(38(59)31-29-27-25-23-21-16-14-12-10-8-6-4-2)36-68-52-48(66)45(63)50(40(34-57)70-52)73-54-49(67)46(64)51(41(35-58)71-54)72-53-47(65)44(62)43(61)39(33-56)69-53/h13,15,18-19,37-41,43-54,56-59,61-67H,3-12,14,16-17,20-36H2,1-2H3,(H,55,60)/b15-13-,19-18-. The van der Waals surface area contributed by atoms with E-state index in [1.807, 2.05) is 0 Å². The molecule has 0 aromatic carbocycles. The first-order valence-corrected chi connectivity index (χ1v) is 28.1. The van der Waals surface area contributed by atoms with Crippen LogP contribution < -0.4 is 5.32 Å². The molecule has 0 aromatic rings. The van der Waals surface area contributed by atoms with E-state index in [1.165, 1.54) is 77.0 Å². The highest BCUT2D eigenvalue weighted by Gasteiger charge is 2.53. The SMILES string of the molecule is CCCCCC/C=C\C/C=C\CCCCCCCC(=O)NC(COC1OC(CO)C(OC2OC(CO)C(OC3OC(CO)C(O)C(O)C3O)C(O)C2O)C(O)C1O)C(O)CCCCCCCCCCCCCC. The van der Waals surface area contributed by atoms with Crippen molar-refractivity contribution in [3.63, 3.8) is 0 Å². The molecule has 17 atom stereocenters. The van der Waals surface area contributed by atoms with Crippen molar-refractivity contribution in [3.05, 3.63) is 24.3 Å². The summed E-state index contributed by atoms with van der Waals surface area (Å²) < 4.78 is 34.2. The lowest BCUT2D eigenvalue weighted by Crippen LogP contribution is -2.66. The van der Waals surface area contributed by atoms with Crippen LogP contribution in [-0.2, 0) is 33.2 Å². The van der Waals surface area contributed by atoms with Crippen LogP contribution in [0.5, 0.6) is 0 Å². The zero-order valence-electron chi connectivity index (χ0n) is 44.1. The molecular weight excluding hydrogens is 951 g/mol. The minimum Gasteiger partial charge on any atom is -0.394 e. The van der Waals surface area contributed by atoms with Gasteiger partial charge in [0, 0.05) is 6.42 Å². The monoisotopic (exact) mass is 1050 g/mol. The number of rotatable bonds is 40. The molecular formula is C54H99NO18. The maximum atomic E-state index is 13.3. The molecule has 0 spiro atoms. The molecule has 3 fully saturated rings. The Bertz CT molecular complexity index is 1440. The predicted molar refractivity (Wildman–Crippen MR) is 273 cm³/mol. The van der Waals surface area contributed by atoms with Crippen molar-refractivity contribution in [1.29, 1.82) is 0 Å². The molecule has 0 saturated carbocycles. The summed E-state index contributed by atoms with van der Waals surface area (Å²) in [5.41, 5.74) is 0. The molecule has 1 amide bonds. The molecule has 0 aromatic heterocycles. The van der Waals surface area contributed by atoms with Crippen LogP contribution >= 0.6 is 0 Å². The molecule has 73 heavy (non-hydrogen) atoms. The zero-order chi connectivity index (χ0) is 53.4. The summed E-state index contributed by atoms with van der Waals surface area (Å²) >= 11 is 0. The first-order valence-electron chi connectivity index (χ1n) is 28.1. The van der Waals surface area contributed by atoms with Crippen LogP contribution in [0, 0.1) is 0 Å². The number of allylic oxidation sites excluding steroid dienone is 4. The van der Waals surface area contributed by atoms with Crippen LogP contribution in [0.3, 0.4) is 0 Å². The molecule has 0 aliphatic carbocycles. The number of hydrogen-bond donors (Lipinski definition) is 12. The summed E-state index contributed by atoms with van der Waals surface area (Å²) in [5, 5.41) is 120. The number of carbonyl (C=O) groups is 1. The fourth-order valence-corrected chi connectivity index (χ4v) is 9.58. The Labute approximate surface area is 435 Å². The van der Waals surface area contributed by atoms with Crippen molar-refractivity contribution >= 4 is 5.91 Å². The lowest BCUT2D eigenvalue weighted by Gasteiger charge is -2.48. The Hall–Kier alpha value is -1.73. The number of nitrogens with one attached hydrogen (secondary N) is 1. The first kappa shape index (κ1) is 65.6. The van der Waals surface area contributed by atoms with Gasteiger partial charge < -0.3 is 89.9 Å². The molecule has 19 heteroatoms. The van der Waals surface area contributed by atoms with Gasteiger partial charge in [-0.1, -0.05) is 154 Å². The lowest BCUT2D eigenvalue weighted by atomic mass is 9.96. The molecule has 428 valence electrons. The third-order valence-electron chi connectivity index (χ3n) is 14.3. The molecule has 3 heterocycles. The average Bonchev–Trinajstić information content (AvgIpc) is 3.39. The summed E-state index contributed by atoms with van der Waals surface area (Å²) in [6.45, 7) is 1.73. The van der Waals surface area contributed by atoms with Crippen molar-refractivity contribution < 1.29 is 89.4 Å². The van der Waals surface area contributed by atoms with E-state index >= 15 is 0 Å². The predicted octanol–water partition coefficient (Wildman–Crippen LogP) is 3.59. The van der Waals surface area contributed by atoms with Gasteiger partial charge in [-0.05, 0) is 44.9 Å². The Kier molecular flexibility index (Phi) is 34.8. The molecule has 17 unspecified atom stereocenters. The van der Waals surface area contributed by atoms with Gasteiger partial charge in [0.15, 0.2) is 18.9 Å². The molecule has 3 rings (SSSR count). The number of ether oxygens (including phenoxy) is 6. The van der Waals surface area contributed by atoms with Gasteiger partial charge in [0.05, 0.1) is 38.6 Å². The quantitative estimate of drug-likeness (QED) is 0.0308. The lowest BCUT2D eigenvalue weighted by molar-refractivity contribution is -0.379. The largest absolute Gasteiger partial charge is 0.394 e. The van der Waals surface area contributed by atoms with Crippen molar-refractivity contribution in [2.75, 3.05) is 26.4 Å². The second kappa shape index (κ2) is 38.8. The summed E-state index contributed by atoms with van der Waals surface area (Å²) in [6.07, 6.45) is 9.84. The Morgan fingerprint density at radius 1 is 0.493 bits per heavy atom. The summed E-state index contributed by atoms with van der Waals surface area (Å²) in [6, 6.07) is -0.891. The van der Waals surface area contributed by atoms with E-state index < -0.39 is 124 Å². The van der Waals surface area contributed by atoms with E-state index in [0.29, 0.717) is 12.8 Å². The second-order valence-electron chi connectivity index (χ2n) is 20.4. The zero-order valence-corrected chi connectivity index (χ0v) is 44.1. The van der Waals surface area contributed by atoms with Crippen LogP contribution in [0.4, 0.5) is 0 Å². The smallest absolute Gasteiger partial charge is 0.220 e. The van der Waals surface area contributed by atoms with Crippen molar-refractivity contribution in [3.8, 4) is 0 Å². The van der Waals surface area contributed by atoms with Crippen LogP contribution in [0.25, 0.3) is 0 Å². The van der Waals surface area contributed by atoms with Crippen LogP contribution in [-0.4, -0.2) is 193 Å². The van der Waals surface area contributed by atoms with E-state index in [-0.39, 0.29) is 18.9 Å². The molecule has 3 saturated heterocycles. The second-order valence-corrected chi connectivity index (χ2v) is 20.4. The summed E-state index contributed by atoms with van der Waals surface area (Å²) in [4.78, 5) is 13.3. The third-order valence-corrected chi connectivity index (χ3v) is 14.3. The van der Waals surface area contributed by atoms with E-state index in [0.717, 1.165) is 70.6 Å². The van der Waals surface area contributed by atoms with Gasteiger partial charge in [0.25, 0.3) is 0 Å². The normalized spacial score (nSPS) is 31.9. The van der Waals surface area contributed by atoms with E-state index in [1.54, 1.807) is 0 Å². The summed E-state index contributed by atoms with van der Waals surface area (Å²) in [7, 11) is 0. The molecule has 19 nitrogen and oxygen atoms in total. The van der Waals surface area contributed by atoms with Gasteiger partial charge in [-0.25, -0.2) is 0 Å². The molecule has 3 aliphatic rings. The van der Waals surface area contributed by atoms with Gasteiger partial charge in [0.2, 0.25) is 5.91 Å². The highest BCUT2D eigenvalue weighted by Crippen LogP contribution is 2.33. The van der Waals surface area contributed by atoms with Gasteiger partial charge >= 0.3 is 0 Å². The number of aliphatic hydroxyl groups excluding tert-OH is 11. The number of amides is 1. The molecule has 0 radical (unpaired) electrons. The van der Waals surface area contributed by atoms with Crippen LogP contribution in [0.15, 0.2) is 24.3 Å². The van der Waals surface area contributed by atoms with E-state index in [2.05, 4.69) is 43.5 Å². The van der Waals surface area contributed by atoms with Gasteiger partial charge in [0.1, 0.15) is 73.2 Å². The van der Waals surface area contributed by atoms with Crippen LogP contribution in [0.1, 0.15) is 181 Å².